The van der Waals surface area contributed by atoms with Crippen molar-refractivity contribution in [3.05, 3.63) is 200 Å². The summed E-state index contributed by atoms with van der Waals surface area (Å²) in [6.45, 7) is 0. The van der Waals surface area contributed by atoms with E-state index in [0.717, 1.165) is 49.7 Å². The van der Waals surface area contributed by atoms with Gasteiger partial charge in [0.1, 0.15) is 0 Å². The van der Waals surface area contributed by atoms with Gasteiger partial charge in [-0.3, -0.25) is 4.57 Å². The molecule has 0 bridgehead atoms. The molecule has 0 radical (unpaired) electrons. The van der Waals surface area contributed by atoms with Gasteiger partial charge < -0.3 is 4.57 Å². The van der Waals surface area contributed by atoms with E-state index in [4.69, 9.17) is 15.0 Å². The first-order valence-electron chi connectivity index (χ1n) is 18.9. The first kappa shape index (κ1) is 31.9. The molecule has 262 valence electrons. The van der Waals surface area contributed by atoms with Crippen molar-refractivity contribution >= 4 is 43.6 Å². The predicted molar refractivity (Wildman–Crippen MR) is 230 cm³/mol. The van der Waals surface area contributed by atoms with Gasteiger partial charge in [0.25, 0.3) is 0 Å². The Morgan fingerprint density at radius 3 is 1.29 bits per heavy atom. The zero-order valence-electron chi connectivity index (χ0n) is 30.3. The minimum Gasteiger partial charge on any atom is -0.309 e. The highest BCUT2D eigenvalue weighted by Crippen LogP contribution is 2.40. The summed E-state index contributed by atoms with van der Waals surface area (Å²) in [6.07, 6.45) is 0. The summed E-state index contributed by atoms with van der Waals surface area (Å²) < 4.78 is 4.59. The minimum absolute atomic E-state index is 0.585. The largest absolute Gasteiger partial charge is 0.309 e. The van der Waals surface area contributed by atoms with Crippen molar-refractivity contribution in [2.75, 3.05) is 0 Å². The second kappa shape index (κ2) is 13.0. The van der Waals surface area contributed by atoms with Crippen LogP contribution in [-0.2, 0) is 0 Å². The summed E-state index contributed by atoms with van der Waals surface area (Å²) in [4.78, 5) is 15.2. The van der Waals surface area contributed by atoms with Gasteiger partial charge in [0, 0.05) is 38.2 Å². The van der Waals surface area contributed by atoms with Gasteiger partial charge in [0.15, 0.2) is 11.6 Å². The molecule has 8 aromatic carbocycles. The number of aromatic nitrogens is 5. The number of hydrogen-bond donors (Lipinski definition) is 0. The SMILES string of the molecule is c1ccc(-c2nc(-c3ccccc3)nc(-n3c4ccccc4c4cc(-c5ccc6c(c5)c5ccccc5n6-c5ccccc5-c5ccccc5)ccc43)n2)cc1. The lowest BCUT2D eigenvalue weighted by Crippen LogP contribution is -2.06. The molecule has 0 unspecified atom stereocenters. The molecule has 0 saturated heterocycles. The number of fused-ring (bicyclic) bond motifs is 6. The van der Waals surface area contributed by atoms with Crippen molar-refractivity contribution < 1.29 is 0 Å². The number of rotatable bonds is 6. The predicted octanol–water partition coefficient (Wildman–Crippen LogP) is 12.7. The second-order valence-corrected chi connectivity index (χ2v) is 14.1. The Bertz CT molecular complexity index is 3180. The molecule has 11 aromatic rings. The van der Waals surface area contributed by atoms with Crippen LogP contribution in [0.5, 0.6) is 0 Å². The molecule has 11 rings (SSSR count). The van der Waals surface area contributed by atoms with E-state index in [9.17, 15) is 0 Å². The van der Waals surface area contributed by atoms with Gasteiger partial charge in [0.05, 0.1) is 27.8 Å². The molecule has 3 aromatic heterocycles. The third kappa shape index (κ3) is 5.21. The first-order valence-corrected chi connectivity index (χ1v) is 18.9. The van der Waals surface area contributed by atoms with Crippen molar-refractivity contribution in [1.82, 2.24) is 24.1 Å². The van der Waals surface area contributed by atoms with Crippen LogP contribution in [0.15, 0.2) is 200 Å². The lowest BCUT2D eigenvalue weighted by molar-refractivity contribution is 0.953. The number of nitrogens with zero attached hydrogens (tertiary/aromatic N) is 5. The first-order chi connectivity index (χ1) is 27.8. The Morgan fingerprint density at radius 1 is 0.286 bits per heavy atom. The van der Waals surface area contributed by atoms with Crippen LogP contribution in [0.4, 0.5) is 0 Å². The van der Waals surface area contributed by atoms with Crippen LogP contribution in [0.1, 0.15) is 0 Å². The summed E-state index contributed by atoms with van der Waals surface area (Å²) in [5, 5.41) is 4.72. The van der Waals surface area contributed by atoms with Gasteiger partial charge in [-0.05, 0) is 59.2 Å². The van der Waals surface area contributed by atoms with Crippen molar-refractivity contribution in [2.45, 2.75) is 0 Å². The topological polar surface area (TPSA) is 48.5 Å². The molecule has 5 nitrogen and oxygen atoms in total. The monoisotopic (exact) mass is 715 g/mol. The maximum Gasteiger partial charge on any atom is 0.238 e. The molecule has 0 aliphatic rings. The molecule has 0 amide bonds. The molecule has 0 fully saturated rings. The van der Waals surface area contributed by atoms with E-state index in [1.54, 1.807) is 0 Å². The van der Waals surface area contributed by atoms with Crippen LogP contribution in [0.3, 0.4) is 0 Å². The summed E-state index contributed by atoms with van der Waals surface area (Å²) in [7, 11) is 0. The standard InChI is InChI=1S/C51H33N5/c1-4-16-34(17-5-1)39-22-10-13-25-44(39)55-45-26-14-11-23-40(45)42-32-37(28-30-47(42)55)38-29-31-48-43(33-38)41-24-12-15-27-46(41)56(48)51-53-49(35-18-6-2-7-19-35)52-50(54-51)36-20-8-3-9-21-36/h1-33H. The van der Waals surface area contributed by atoms with Gasteiger partial charge in [-0.2, -0.15) is 9.97 Å². The summed E-state index contributed by atoms with van der Waals surface area (Å²) in [5.74, 6) is 1.85. The van der Waals surface area contributed by atoms with Gasteiger partial charge >= 0.3 is 0 Å². The Hall–Kier alpha value is -7.63. The molecule has 0 aliphatic carbocycles. The fraction of sp³-hybridized carbons (Fsp3) is 0. The quantitative estimate of drug-likeness (QED) is 0.172. The Labute approximate surface area is 323 Å². The lowest BCUT2D eigenvalue weighted by atomic mass is 10.0. The number of hydrogen-bond acceptors (Lipinski definition) is 3. The molecular weight excluding hydrogens is 683 g/mol. The average Bonchev–Trinajstić information content (AvgIpc) is 3.79. The van der Waals surface area contributed by atoms with Crippen LogP contribution in [0, 0.1) is 0 Å². The molecule has 0 spiro atoms. The molecule has 0 atom stereocenters. The van der Waals surface area contributed by atoms with Crippen LogP contribution >= 0.6 is 0 Å². The van der Waals surface area contributed by atoms with E-state index in [0.29, 0.717) is 17.6 Å². The van der Waals surface area contributed by atoms with Gasteiger partial charge in [-0.15, -0.1) is 0 Å². The highest BCUT2D eigenvalue weighted by Gasteiger charge is 2.20. The van der Waals surface area contributed by atoms with Gasteiger partial charge in [-0.1, -0.05) is 158 Å². The fourth-order valence-electron chi connectivity index (χ4n) is 8.21. The van der Waals surface area contributed by atoms with Crippen molar-refractivity contribution in [1.29, 1.82) is 0 Å². The minimum atomic E-state index is 0.585. The number of benzene rings is 8. The van der Waals surface area contributed by atoms with Crippen LogP contribution < -0.4 is 0 Å². The molecule has 5 heteroatoms. The van der Waals surface area contributed by atoms with Crippen LogP contribution in [0.2, 0.25) is 0 Å². The van der Waals surface area contributed by atoms with E-state index in [-0.39, 0.29) is 0 Å². The molecule has 0 saturated carbocycles. The summed E-state index contributed by atoms with van der Waals surface area (Å²) in [6, 6.07) is 70.5. The molecular formula is C51H33N5. The fourth-order valence-corrected chi connectivity index (χ4v) is 8.21. The maximum atomic E-state index is 5.11. The maximum absolute atomic E-state index is 5.11. The third-order valence-corrected chi connectivity index (χ3v) is 10.8. The normalized spacial score (nSPS) is 11.6. The summed E-state index contributed by atoms with van der Waals surface area (Å²) >= 11 is 0. The van der Waals surface area contributed by atoms with E-state index < -0.39 is 0 Å². The molecule has 0 aliphatic heterocycles. The van der Waals surface area contributed by atoms with Gasteiger partial charge in [0.2, 0.25) is 5.95 Å². The molecule has 3 heterocycles. The van der Waals surface area contributed by atoms with Crippen LogP contribution in [-0.4, -0.2) is 24.1 Å². The Morgan fingerprint density at radius 2 is 0.714 bits per heavy atom. The van der Waals surface area contributed by atoms with E-state index >= 15 is 0 Å². The molecule has 56 heavy (non-hydrogen) atoms. The smallest absolute Gasteiger partial charge is 0.238 e. The highest BCUT2D eigenvalue weighted by molar-refractivity contribution is 6.13. The van der Waals surface area contributed by atoms with E-state index in [1.807, 2.05) is 60.7 Å². The van der Waals surface area contributed by atoms with E-state index in [2.05, 4.69) is 149 Å². The highest BCUT2D eigenvalue weighted by atomic mass is 15.2. The zero-order valence-corrected chi connectivity index (χ0v) is 30.3. The Balaban J connectivity index is 1.09. The number of para-hydroxylation sites is 3. The average molecular weight is 716 g/mol. The van der Waals surface area contributed by atoms with E-state index in [1.165, 1.54) is 32.9 Å². The van der Waals surface area contributed by atoms with Crippen molar-refractivity contribution in [2.24, 2.45) is 0 Å². The van der Waals surface area contributed by atoms with Crippen molar-refractivity contribution in [3.8, 4) is 56.7 Å². The third-order valence-electron chi connectivity index (χ3n) is 10.8. The van der Waals surface area contributed by atoms with Crippen molar-refractivity contribution in [3.63, 3.8) is 0 Å². The van der Waals surface area contributed by atoms with Crippen LogP contribution in [0.25, 0.3) is 100 Å². The molecule has 0 N–H and O–H groups in total. The lowest BCUT2D eigenvalue weighted by Gasteiger charge is -2.14. The second-order valence-electron chi connectivity index (χ2n) is 14.1. The zero-order chi connectivity index (χ0) is 37.0. The van der Waals surface area contributed by atoms with Gasteiger partial charge in [-0.25, -0.2) is 4.98 Å². The summed E-state index contributed by atoms with van der Waals surface area (Å²) in [5.41, 5.74) is 12.2. The Kier molecular flexibility index (Phi) is 7.42.